The Bertz CT molecular complexity index is 888. The summed E-state index contributed by atoms with van der Waals surface area (Å²) in [6.07, 6.45) is -0.973. The van der Waals surface area contributed by atoms with Crippen molar-refractivity contribution in [3.8, 4) is 11.5 Å². The molecule has 0 heterocycles. The Balaban J connectivity index is 1.98. The van der Waals surface area contributed by atoms with Gasteiger partial charge in [0.2, 0.25) is 5.91 Å². The van der Waals surface area contributed by atoms with Gasteiger partial charge < -0.3 is 29.6 Å². The summed E-state index contributed by atoms with van der Waals surface area (Å²) in [5, 5.41) is 5.51. The van der Waals surface area contributed by atoms with Crippen molar-refractivity contribution in [2.75, 3.05) is 20.8 Å². The number of methoxy groups -OCH3 is 2. The van der Waals surface area contributed by atoms with Crippen LogP contribution in [0.1, 0.15) is 31.9 Å². The van der Waals surface area contributed by atoms with Crippen LogP contribution in [0.5, 0.6) is 11.5 Å². The number of hydrogen-bond acceptors (Lipinski definition) is 6. The first-order valence-electron chi connectivity index (χ1n) is 10.9. The van der Waals surface area contributed by atoms with E-state index in [2.05, 4.69) is 10.6 Å². The largest absolute Gasteiger partial charge is 0.493 e. The van der Waals surface area contributed by atoms with Crippen LogP contribution in [0.25, 0.3) is 0 Å². The Labute approximate surface area is 195 Å². The van der Waals surface area contributed by atoms with Crippen molar-refractivity contribution >= 4 is 12.0 Å². The topological polar surface area (TPSA) is 95.1 Å². The maximum atomic E-state index is 12.9. The molecule has 0 aliphatic heterocycles. The molecule has 0 fully saturated rings. The molecule has 0 spiro atoms. The van der Waals surface area contributed by atoms with E-state index in [4.69, 9.17) is 18.9 Å². The number of ether oxygens (including phenoxy) is 4. The molecule has 2 aromatic rings. The van der Waals surface area contributed by atoms with Crippen LogP contribution in [-0.4, -0.2) is 51.0 Å². The van der Waals surface area contributed by atoms with Crippen LogP contribution in [0.4, 0.5) is 4.79 Å². The molecule has 0 saturated heterocycles. The van der Waals surface area contributed by atoms with Crippen molar-refractivity contribution in [2.24, 2.45) is 0 Å². The van der Waals surface area contributed by atoms with E-state index < -0.39 is 18.2 Å². The van der Waals surface area contributed by atoms with E-state index in [0.29, 0.717) is 31.1 Å². The summed E-state index contributed by atoms with van der Waals surface area (Å²) in [4.78, 5) is 25.1. The highest BCUT2D eigenvalue weighted by Gasteiger charge is 2.28. The zero-order valence-electron chi connectivity index (χ0n) is 19.9. The second-order valence-corrected chi connectivity index (χ2v) is 7.81. The average Bonchev–Trinajstić information content (AvgIpc) is 2.81. The molecular formula is C25H34N2O6. The fourth-order valence-corrected chi connectivity index (χ4v) is 3.15. The van der Waals surface area contributed by atoms with Gasteiger partial charge in [-0.2, -0.15) is 0 Å². The fourth-order valence-electron chi connectivity index (χ4n) is 3.15. The zero-order valence-corrected chi connectivity index (χ0v) is 19.9. The molecule has 8 nitrogen and oxygen atoms in total. The van der Waals surface area contributed by atoms with Crippen molar-refractivity contribution in [1.29, 1.82) is 0 Å². The summed E-state index contributed by atoms with van der Waals surface area (Å²) in [7, 11) is 3.16. The quantitative estimate of drug-likeness (QED) is 0.506. The van der Waals surface area contributed by atoms with Crippen LogP contribution in [-0.2, 0) is 27.3 Å². The van der Waals surface area contributed by atoms with Crippen molar-refractivity contribution in [3.05, 3.63) is 59.7 Å². The van der Waals surface area contributed by atoms with Crippen LogP contribution in [0.2, 0.25) is 0 Å². The smallest absolute Gasteiger partial charge is 0.408 e. The highest BCUT2D eigenvalue weighted by molar-refractivity contribution is 5.86. The second-order valence-electron chi connectivity index (χ2n) is 7.81. The summed E-state index contributed by atoms with van der Waals surface area (Å²) in [6, 6.07) is 14.3. The minimum absolute atomic E-state index is 0.306. The number of amides is 2. The first-order chi connectivity index (χ1) is 15.8. The Kier molecular flexibility index (Phi) is 10.5. The van der Waals surface area contributed by atoms with Crippen LogP contribution >= 0.6 is 0 Å². The summed E-state index contributed by atoms with van der Waals surface area (Å²) in [5.74, 6) is 0.916. The Morgan fingerprint density at radius 2 is 1.61 bits per heavy atom. The van der Waals surface area contributed by atoms with E-state index in [-0.39, 0.29) is 12.0 Å². The maximum absolute atomic E-state index is 12.9. The molecule has 0 aliphatic rings. The summed E-state index contributed by atoms with van der Waals surface area (Å²) >= 11 is 0. The molecule has 2 aromatic carbocycles. The number of carbonyl (C=O) groups excluding carboxylic acids is 2. The molecule has 0 bridgehead atoms. The molecule has 2 rings (SSSR count). The van der Waals surface area contributed by atoms with Crippen LogP contribution in [0.3, 0.4) is 0 Å². The molecule has 0 aromatic heterocycles. The van der Waals surface area contributed by atoms with Crippen LogP contribution in [0.15, 0.2) is 48.5 Å². The van der Waals surface area contributed by atoms with Gasteiger partial charge >= 0.3 is 6.09 Å². The van der Waals surface area contributed by atoms with E-state index in [1.54, 1.807) is 35.0 Å². The molecule has 0 unspecified atom stereocenters. The number of hydrogen-bond donors (Lipinski definition) is 2. The Hall–Kier alpha value is -3.26. The first kappa shape index (κ1) is 26.0. The average molecular weight is 459 g/mol. The number of benzene rings is 2. The lowest BCUT2D eigenvalue weighted by molar-refractivity contribution is -0.127. The third-order valence-corrected chi connectivity index (χ3v) is 4.88. The van der Waals surface area contributed by atoms with Crippen LogP contribution < -0.4 is 20.1 Å². The van der Waals surface area contributed by atoms with Gasteiger partial charge in [-0.1, -0.05) is 36.4 Å². The molecule has 2 N–H and O–H groups in total. The summed E-state index contributed by atoms with van der Waals surface area (Å²) < 4.78 is 21.6. The minimum Gasteiger partial charge on any atom is -0.493 e. The molecule has 0 radical (unpaired) electrons. The van der Waals surface area contributed by atoms with E-state index in [0.717, 1.165) is 11.1 Å². The number of nitrogens with one attached hydrogen (secondary N) is 2. The monoisotopic (exact) mass is 458 g/mol. The van der Waals surface area contributed by atoms with E-state index in [9.17, 15) is 9.59 Å². The van der Waals surface area contributed by atoms with Gasteiger partial charge in [-0.25, -0.2) is 4.79 Å². The number of alkyl carbamates (subject to hydrolysis) is 1. The molecule has 8 heteroatoms. The lowest BCUT2D eigenvalue weighted by Crippen LogP contribution is -2.53. The van der Waals surface area contributed by atoms with Gasteiger partial charge in [-0.15, -0.1) is 0 Å². The number of rotatable bonds is 12. The number of carbonyl (C=O) groups is 2. The van der Waals surface area contributed by atoms with Gasteiger partial charge in [0.05, 0.1) is 33.0 Å². The van der Waals surface area contributed by atoms with Gasteiger partial charge in [-0.05, 0) is 50.5 Å². The highest BCUT2D eigenvalue weighted by atomic mass is 16.6. The van der Waals surface area contributed by atoms with Crippen molar-refractivity contribution < 1.29 is 28.5 Å². The van der Waals surface area contributed by atoms with E-state index in [1.165, 1.54) is 0 Å². The second kappa shape index (κ2) is 13.3. The molecule has 33 heavy (non-hydrogen) atoms. The first-order valence-corrected chi connectivity index (χ1v) is 10.9. The zero-order chi connectivity index (χ0) is 24.2. The SMILES string of the molecule is COc1ccc(CCNC(=O)[C@@H](NC(=O)OC(C)C)[C@@H](C)OCc2ccccc2)cc1OC. The van der Waals surface area contributed by atoms with Gasteiger partial charge in [0.15, 0.2) is 11.5 Å². The van der Waals surface area contributed by atoms with Gasteiger partial charge in [0.1, 0.15) is 6.04 Å². The molecular weight excluding hydrogens is 424 g/mol. The Morgan fingerprint density at radius 1 is 0.909 bits per heavy atom. The predicted octanol–water partition coefficient (Wildman–Crippen LogP) is 3.47. The molecule has 0 aliphatic carbocycles. The summed E-state index contributed by atoms with van der Waals surface area (Å²) in [5.41, 5.74) is 1.95. The highest BCUT2D eigenvalue weighted by Crippen LogP contribution is 2.27. The van der Waals surface area contributed by atoms with Crippen molar-refractivity contribution in [1.82, 2.24) is 10.6 Å². The van der Waals surface area contributed by atoms with Crippen molar-refractivity contribution in [3.63, 3.8) is 0 Å². The summed E-state index contributed by atoms with van der Waals surface area (Å²) in [6.45, 7) is 5.92. The predicted molar refractivity (Wildman–Crippen MR) is 125 cm³/mol. The Morgan fingerprint density at radius 3 is 2.24 bits per heavy atom. The molecule has 0 saturated carbocycles. The van der Waals surface area contributed by atoms with E-state index in [1.807, 2.05) is 48.5 Å². The standard InChI is InChI=1S/C25H34N2O6/c1-17(2)33-25(29)27-23(18(3)32-16-20-9-7-6-8-10-20)24(28)26-14-13-19-11-12-21(30-4)22(15-19)31-5/h6-12,15,17-18,23H,13-14,16H2,1-5H3,(H,26,28)(H,27,29)/t18-,23+/m1/s1. The minimum atomic E-state index is -0.912. The van der Waals surface area contributed by atoms with E-state index >= 15 is 0 Å². The molecule has 2 amide bonds. The maximum Gasteiger partial charge on any atom is 0.408 e. The van der Waals surface area contributed by atoms with Gasteiger partial charge in [0, 0.05) is 6.54 Å². The third kappa shape index (κ3) is 8.65. The van der Waals surface area contributed by atoms with Crippen molar-refractivity contribution in [2.45, 2.75) is 52.0 Å². The third-order valence-electron chi connectivity index (χ3n) is 4.88. The fraction of sp³-hybridized carbons (Fsp3) is 0.440. The van der Waals surface area contributed by atoms with Gasteiger partial charge in [-0.3, -0.25) is 4.79 Å². The molecule has 2 atom stereocenters. The lowest BCUT2D eigenvalue weighted by Gasteiger charge is -2.25. The van der Waals surface area contributed by atoms with Gasteiger partial charge in [0.25, 0.3) is 0 Å². The molecule has 180 valence electrons. The lowest BCUT2D eigenvalue weighted by atomic mass is 10.1. The van der Waals surface area contributed by atoms with Crippen LogP contribution in [0, 0.1) is 0 Å². The normalized spacial score (nSPS) is 12.5.